The summed E-state index contributed by atoms with van der Waals surface area (Å²) >= 11 is 0. The van der Waals surface area contributed by atoms with Crippen LogP contribution in [0, 0.1) is 13.8 Å². The largest absolute Gasteiger partial charge is 0.508 e. The number of rotatable bonds is 2. The van der Waals surface area contributed by atoms with Crippen LogP contribution < -0.4 is 4.90 Å². The van der Waals surface area contributed by atoms with Gasteiger partial charge in [-0.05, 0) is 31.5 Å². The predicted molar refractivity (Wildman–Crippen MR) is 66.4 cm³/mol. The second-order valence-corrected chi connectivity index (χ2v) is 4.02. The maximum Gasteiger partial charge on any atom is 0.120 e. The lowest BCUT2D eigenvalue weighted by molar-refractivity contribution is 0.471. The number of phenols is 1. The van der Waals surface area contributed by atoms with E-state index in [4.69, 9.17) is 0 Å². The summed E-state index contributed by atoms with van der Waals surface area (Å²) in [5.74, 6) is 0.331. The molecular weight excluding hydrogens is 200 g/mol. The lowest BCUT2D eigenvalue weighted by Crippen LogP contribution is -2.09. The van der Waals surface area contributed by atoms with Gasteiger partial charge in [-0.2, -0.15) is 0 Å². The topological polar surface area (TPSA) is 39.3 Å². The summed E-state index contributed by atoms with van der Waals surface area (Å²) in [5, 5.41) is 9.68. The Bertz CT molecular complexity index is 502. The molecule has 2 rings (SSSR count). The van der Waals surface area contributed by atoms with Crippen molar-refractivity contribution in [1.29, 1.82) is 0 Å². The molecule has 3 nitrogen and oxygen atoms in total. The van der Waals surface area contributed by atoms with E-state index in [9.17, 15) is 5.11 Å². The fourth-order valence-electron chi connectivity index (χ4n) is 1.75. The Hall–Kier alpha value is -1.90. The van der Waals surface area contributed by atoms with Crippen molar-refractivity contribution in [3.63, 3.8) is 0 Å². The molecule has 0 aliphatic carbocycles. The molecule has 0 aliphatic heterocycles. The summed E-state index contributed by atoms with van der Waals surface area (Å²) in [7, 11) is 1.99. The van der Waals surface area contributed by atoms with Crippen LogP contribution in [0.25, 0.3) is 0 Å². The summed E-state index contributed by atoms with van der Waals surface area (Å²) in [6, 6.07) is 7.72. The van der Waals surface area contributed by atoms with Crippen molar-refractivity contribution in [2.45, 2.75) is 13.8 Å². The quantitative estimate of drug-likeness (QED) is 0.809. The third kappa shape index (κ3) is 1.76. The third-order valence-corrected chi connectivity index (χ3v) is 2.87. The van der Waals surface area contributed by atoms with E-state index < -0.39 is 0 Å². The number of benzene rings is 1. The first-order chi connectivity index (χ1) is 7.59. The van der Waals surface area contributed by atoms with Crippen molar-refractivity contribution in [3.8, 4) is 5.75 Å². The number of nitrogens with one attached hydrogen (secondary N) is 1. The minimum atomic E-state index is 0.331. The molecule has 0 spiro atoms. The highest BCUT2D eigenvalue weighted by molar-refractivity contribution is 5.66. The molecule has 0 saturated carbocycles. The van der Waals surface area contributed by atoms with E-state index >= 15 is 0 Å². The van der Waals surface area contributed by atoms with Crippen molar-refractivity contribution >= 4 is 11.4 Å². The van der Waals surface area contributed by atoms with Crippen LogP contribution in [0.2, 0.25) is 0 Å². The van der Waals surface area contributed by atoms with E-state index in [1.54, 1.807) is 6.07 Å². The van der Waals surface area contributed by atoms with Gasteiger partial charge in [0.05, 0.1) is 5.69 Å². The zero-order chi connectivity index (χ0) is 11.7. The molecule has 16 heavy (non-hydrogen) atoms. The van der Waals surface area contributed by atoms with Crippen molar-refractivity contribution in [3.05, 3.63) is 41.7 Å². The average molecular weight is 216 g/mol. The van der Waals surface area contributed by atoms with Gasteiger partial charge in [-0.15, -0.1) is 0 Å². The molecule has 0 atom stereocenters. The normalized spacial score (nSPS) is 10.4. The Morgan fingerprint density at radius 2 is 1.94 bits per heavy atom. The number of aromatic hydroxyl groups is 1. The molecule has 1 aromatic heterocycles. The summed E-state index contributed by atoms with van der Waals surface area (Å²) in [4.78, 5) is 5.19. The van der Waals surface area contributed by atoms with E-state index in [1.807, 2.05) is 50.2 Å². The summed E-state index contributed by atoms with van der Waals surface area (Å²) in [5.41, 5.74) is 4.10. The van der Waals surface area contributed by atoms with Gasteiger partial charge < -0.3 is 15.0 Å². The highest BCUT2D eigenvalue weighted by Gasteiger charge is 2.08. The first-order valence-electron chi connectivity index (χ1n) is 5.27. The minimum Gasteiger partial charge on any atom is -0.508 e. The zero-order valence-corrected chi connectivity index (χ0v) is 9.78. The fraction of sp³-hybridized carbons (Fsp3) is 0.231. The van der Waals surface area contributed by atoms with E-state index in [0.717, 1.165) is 22.6 Å². The van der Waals surface area contributed by atoms with Crippen molar-refractivity contribution < 1.29 is 5.11 Å². The van der Waals surface area contributed by atoms with Gasteiger partial charge in [-0.1, -0.05) is 6.07 Å². The molecule has 0 unspecified atom stereocenters. The first kappa shape index (κ1) is 10.6. The molecule has 2 aromatic rings. The van der Waals surface area contributed by atoms with Crippen LogP contribution in [0.5, 0.6) is 5.75 Å². The monoisotopic (exact) mass is 216 g/mol. The second kappa shape index (κ2) is 3.93. The van der Waals surface area contributed by atoms with E-state index in [2.05, 4.69) is 4.98 Å². The number of nitrogens with zero attached hydrogens (tertiary/aromatic N) is 1. The maximum atomic E-state index is 9.68. The first-order valence-corrected chi connectivity index (χ1v) is 5.27. The molecule has 0 radical (unpaired) electrons. The van der Waals surface area contributed by atoms with Gasteiger partial charge in [0.15, 0.2) is 0 Å². The molecule has 0 saturated heterocycles. The predicted octanol–water partition coefficient (Wildman–Crippen LogP) is 3.11. The maximum absolute atomic E-state index is 9.68. The smallest absolute Gasteiger partial charge is 0.120 e. The summed E-state index contributed by atoms with van der Waals surface area (Å²) < 4.78 is 0. The van der Waals surface area contributed by atoms with Gasteiger partial charge in [-0.25, -0.2) is 0 Å². The molecule has 0 bridgehead atoms. The number of hydrogen-bond donors (Lipinski definition) is 2. The van der Waals surface area contributed by atoms with Crippen molar-refractivity contribution in [2.75, 3.05) is 11.9 Å². The van der Waals surface area contributed by atoms with E-state index in [-0.39, 0.29) is 0 Å². The number of anilines is 2. The lowest BCUT2D eigenvalue weighted by atomic mass is 10.2. The summed E-state index contributed by atoms with van der Waals surface area (Å²) in [6.07, 6.45) is 1.91. The van der Waals surface area contributed by atoms with Crippen LogP contribution in [-0.2, 0) is 0 Å². The van der Waals surface area contributed by atoms with Gasteiger partial charge >= 0.3 is 0 Å². The number of aryl methyl sites for hydroxylation is 2. The number of aromatic nitrogens is 1. The van der Waals surface area contributed by atoms with Crippen LogP contribution in [0.1, 0.15) is 11.3 Å². The van der Waals surface area contributed by atoms with Crippen molar-refractivity contribution in [2.24, 2.45) is 0 Å². The molecule has 0 amide bonds. The lowest BCUT2D eigenvalue weighted by Gasteiger charge is -2.19. The Morgan fingerprint density at radius 3 is 2.50 bits per heavy atom. The average Bonchev–Trinajstić information content (AvgIpc) is 2.67. The Balaban J connectivity index is 2.38. The second-order valence-electron chi connectivity index (χ2n) is 4.02. The molecule has 84 valence electrons. The molecule has 2 N–H and O–H groups in total. The highest BCUT2D eigenvalue weighted by Crippen LogP contribution is 2.29. The number of hydrogen-bond acceptors (Lipinski definition) is 2. The number of phenolic OH excluding ortho intramolecular Hbond substituents is 1. The minimum absolute atomic E-state index is 0.331. The Morgan fingerprint density at radius 1 is 1.19 bits per heavy atom. The molecular formula is C13H16N2O. The van der Waals surface area contributed by atoms with Crippen LogP contribution >= 0.6 is 0 Å². The van der Waals surface area contributed by atoms with Gasteiger partial charge in [0.2, 0.25) is 0 Å². The SMILES string of the molecule is Cc1ccc(N(C)c2cc[nH]c2C)cc1O. The third-order valence-electron chi connectivity index (χ3n) is 2.87. The highest BCUT2D eigenvalue weighted by atomic mass is 16.3. The molecule has 1 aromatic carbocycles. The number of H-pyrrole nitrogens is 1. The Kier molecular flexibility index (Phi) is 2.60. The van der Waals surface area contributed by atoms with Crippen LogP contribution in [0.15, 0.2) is 30.5 Å². The molecule has 0 aliphatic rings. The van der Waals surface area contributed by atoms with Crippen LogP contribution in [-0.4, -0.2) is 17.1 Å². The van der Waals surface area contributed by atoms with Gasteiger partial charge in [0.25, 0.3) is 0 Å². The molecule has 1 heterocycles. The standard InChI is InChI=1S/C13H16N2O/c1-9-4-5-11(8-13(9)16)15(3)12-6-7-14-10(12)2/h4-8,14,16H,1-3H3. The summed E-state index contributed by atoms with van der Waals surface area (Å²) in [6.45, 7) is 3.92. The van der Waals surface area contributed by atoms with Crippen LogP contribution in [0.4, 0.5) is 11.4 Å². The zero-order valence-electron chi connectivity index (χ0n) is 9.78. The molecule has 3 heteroatoms. The molecule has 0 fully saturated rings. The van der Waals surface area contributed by atoms with E-state index in [0.29, 0.717) is 5.75 Å². The van der Waals surface area contributed by atoms with E-state index in [1.165, 1.54) is 0 Å². The van der Waals surface area contributed by atoms with Crippen molar-refractivity contribution in [1.82, 2.24) is 4.98 Å². The Labute approximate surface area is 95.3 Å². The van der Waals surface area contributed by atoms with Gasteiger partial charge in [0, 0.05) is 30.7 Å². The van der Waals surface area contributed by atoms with Crippen LogP contribution in [0.3, 0.4) is 0 Å². The number of aromatic amines is 1. The fourth-order valence-corrected chi connectivity index (χ4v) is 1.75. The van der Waals surface area contributed by atoms with Gasteiger partial charge in [0.1, 0.15) is 5.75 Å². The van der Waals surface area contributed by atoms with Gasteiger partial charge in [-0.3, -0.25) is 0 Å².